The van der Waals surface area contributed by atoms with Gasteiger partial charge in [0.2, 0.25) is 10.0 Å². The molecule has 0 saturated carbocycles. The number of thiophene rings is 1. The Morgan fingerprint density at radius 2 is 2.05 bits per heavy atom. The Morgan fingerprint density at radius 1 is 1.32 bits per heavy atom. The van der Waals surface area contributed by atoms with Crippen molar-refractivity contribution >= 4 is 43.0 Å². The van der Waals surface area contributed by atoms with E-state index in [4.69, 9.17) is 0 Å². The third-order valence-electron chi connectivity index (χ3n) is 2.52. The summed E-state index contributed by atoms with van der Waals surface area (Å²) in [6.07, 6.45) is 0. The maximum absolute atomic E-state index is 11.9. The molecule has 1 aromatic carbocycles. The highest BCUT2D eigenvalue weighted by Crippen LogP contribution is 2.24. The van der Waals surface area contributed by atoms with Crippen molar-refractivity contribution in [1.29, 1.82) is 0 Å². The summed E-state index contributed by atoms with van der Waals surface area (Å²) < 4.78 is 27.1. The van der Waals surface area contributed by atoms with E-state index in [9.17, 15) is 8.42 Å². The van der Waals surface area contributed by atoms with Crippen LogP contribution in [0.15, 0.2) is 45.1 Å². The minimum absolute atomic E-state index is 0.258. The molecule has 19 heavy (non-hydrogen) atoms. The number of para-hydroxylation sites is 1. The molecule has 0 atom stereocenters. The van der Waals surface area contributed by atoms with Crippen LogP contribution in [0.2, 0.25) is 0 Å². The minimum Gasteiger partial charge on any atom is -0.379 e. The van der Waals surface area contributed by atoms with Crippen molar-refractivity contribution < 1.29 is 8.42 Å². The number of nitrogens with one attached hydrogen (secondary N) is 2. The minimum atomic E-state index is -3.45. The number of hydrogen-bond donors (Lipinski definition) is 2. The third-order valence-corrected chi connectivity index (χ3v) is 5.69. The van der Waals surface area contributed by atoms with Gasteiger partial charge in [0.25, 0.3) is 0 Å². The molecule has 2 N–H and O–H groups in total. The summed E-state index contributed by atoms with van der Waals surface area (Å²) in [5, 5.41) is 5.15. The second-order valence-electron chi connectivity index (χ2n) is 3.79. The van der Waals surface area contributed by atoms with Gasteiger partial charge in [0, 0.05) is 21.3 Å². The van der Waals surface area contributed by atoms with Crippen molar-refractivity contribution in [1.82, 2.24) is 4.72 Å². The zero-order chi connectivity index (χ0) is 13.9. The van der Waals surface area contributed by atoms with E-state index < -0.39 is 10.0 Å². The fourth-order valence-corrected chi connectivity index (χ4v) is 3.88. The monoisotopic (exact) mass is 360 g/mol. The Morgan fingerprint density at radius 3 is 2.68 bits per heavy atom. The van der Waals surface area contributed by atoms with Gasteiger partial charge < -0.3 is 5.32 Å². The van der Waals surface area contributed by atoms with Gasteiger partial charge in [-0.25, -0.2) is 13.1 Å². The van der Waals surface area contributed by atoms with E-state index in [0.29, 0.717) is 12.2 Å². The van der Waals surface area contributed by atoms with Crippen molar-refractivity contribution in [3.8, 4) is 0 Å². The first-order valence-corrected chi connectivity index (χ1v) is 8.68. The van der Waals surface area contributed by atoms with Gasteiger partial charge in [0.05, 0.1) is 5.69 Å². The van der Waals surface area contributed by atoms with Crippen LogP contribution in [0.5, 0.6) is 0 Å². The quantitative estimate of drug-likeness (QED) is 0.861. The van der Waals surface area contributed by atoms with E-state index in [1.54, 1.807) is 35.6 Å². The first kappa shape index (κ1) is 14.5. The average Bonchev–Trinajstić information content (AvgIpc) is 2.82. The van der Waals surface area contributed by atoms with Crippen LogP contribution in [0.25, 0.3) is 0 Å². The van der Waals surface area contributed by atoms with Crippen molar-refractivity contribution in [3.63, 3.8) is 0 Å². The molecule has 1 aromatic heterocycles. The van der Waals surface area contributed by atoms with Crippen LogP contribution in [0, 0.1) is 0 Å². The summed E-state index contributed by atoms with van der Waals surface area (Å²) in [6.45, 7) is 0.590. The summed E-state index contributed by atoms with van der Waals surface area (Å²) in [6, 6.07) is 8.86. The van der Waals surface area contributed by atoms with E-state index in [2.05, 4.69) is 26.0 Å². The number of hydrogen-bond acceptors (Lipinski definition) is 4. The lowest BCUT2D eigenvalue weighted by molar-refractivity contribution is 0.588. The zero-order valence-electron chi connectivity index (χ0n) is 10.2. The molecule has 0 fully saturated rings. The van der Waals surface area contributed by atoms with Crippen LogP contribution < -0.4 is 10.0 Å². The summed E-state index contributed by atoms with van der Waals surface area (Å²) >= 11 is 5.01. The van der Waals surface area contributed by atoms with Gasteiger partial charge in [-0.05, 0) is 41.2 Å². The van der Waals surface area contributed by atoms with Gasteiger partial charge in [0.1, 0.15) is 4.90 Å². The fraction of sp³-hybridized carbons (Fsp3) is 0.167. The van der Waals surface area contributed by atoms with Gasteiger partial charge in [-0.3, -0.25) is 0 Å². The molecule has 0 aliphatic heterocycles. The molecule has 0 saturated heterocycles. The summed E-state index contributed by atoms with van der Waals surface area (Å²) in [5.41, 5.74) is 0.598. The van der Waals surface area contributed by atoms with Crippen LogP contribution in [0.3, 0.4) is 0 Å². The van der Waals surface area contributed by atoms with Crippen molar-refractivity contribution in [2.45, 2.75) is 11.4 Å². The van der Waals surface area contributed by atoms with Crippen LogP contribution in [0.4, 0.5) is 5.69 Å². The van der Waals surface area contributed by atoms with Crippen molar-refractivity contribution in [2.24, 2.45) is 0 Å². The van der Waals surface area contributed by atoms with Crippen LogP contribution in [0.1, 0.15) is 4.88 Å². The van der Waals surface area contributed by atoms with Crippen LogP contribution in [-0.4, -0.2) is 15.5 Å². The Bertz CT molecular complexity index is 668. The molecule has 0 spiro atoms. The Kier molecular flexibility index (Phi) is 4.62. The Labute approximate surface area is 125 Å². The highest BCUT2D eigenvalue weighted by Gasteiger charge is 2.15. The van der Waals surface area contributed by atoms with Gasteiger partial charge in [-0.15, -0.1) is 11.3 Å². The predicted molar refractivity (Wildman–Crippen MR) is 82.0 cm³/mol. The Balaban J connectivity index is 2.21. The van der Waals surface area contributed by atoms with Gasteiger partial charge in [-0.1, -0.05) is 12.1 Å². The molecular weight excluding hydrogens is 348 g/mol. The smallest absolute Gasteiger partial charge is 0.242 e. The van der Waals surface area contributed by atoms with E-state index >= 15 is 0 Å². The normalized spacial score (nSPS) is 11.5. The molecule has 7 heteroatoms. The maximum atomic E-state index is 11.9. The van der Waals surface area contributed by atoms with E-state index in [-0.39, 0.29) is 4.90 Å². The molecule has 0 unspecified atom stereocenters. The molecule has 2 aromatic rings. The van der Waals surface area contributed by atoms with Gasteiger partial charge in [-0.2, -0.15) is 0 Å². The lowest BCUT2D eigenvalue weighted by Gasteiger charge is -2.11. The first-order valence-electron chi connectivity index (χ1n) is 5.52. The first-order chi connectivity index (χ1) is 9.03. The highest BCUT2D eigenvalue weighted by molar-refractivity contribution is 9.10. The second kappa shape index (κ2) is 6.04. The zero-order valence-corrected chi connectivity index (χ0v) is 13.4. The predicted octanol–water partition coefficient (Wildman–Crippen LogP) is 3.03. The number of benzene rings is 1. The molecular formula is C12H13BrN2O2S2. The van der Waals surface area contributed by atoms with Crippen LogP contribution in [-0.2, 0) is 16.6 Å². The molecule has 0 aliphatic rings. The highest BCUT2D eigenvalue weighted by atomic mass is 79.9. The molecule has 2 rings (SSSR count). The maximum Gasteiger partial charge on any atom is 0.242 e. The molecule has 0 radical (unpaired) electrons. The van der Waals surface area contributed by atoms with E-state index in [0.717, 1.165) is 9.35 Å². The lowest BCUT2D eigenvalue weighted by atomic mass is 10.3. The number of rotatable bonds is 5. The standard InChI is InChI=1S/C12H13BrN2O2S2/c1-14-19(16,17)12-5-3-2-4-11(12)15-7-10-6-9(13)8-18-10/h2-6,8,14-15H,7H2,1H3. The molecule has 0 bridgehead atoms. The van der Waals surface area contributed by atoms with Crippen LogP contribution >= 0.6 is 27.3 Å². The fourth-order valence-electron chi connectivity index (χ4n) is 1.59. The molecule has 0 amide bonds. The molecule has 0 aliphatic carbocycles. The lowest BCUT2D eigenvalue weighted by Crippen LogP contribution is -2.20. The number of halogens is 1. The van der Waals surface area contributed by atoms with E-state index in [1.807, 2.05) is 11.4 Å². The van der Waals surface area contributed by atoms with Crippen molar-refractivity contribution in [3.05, 3.63) is 45.1 Å². The molecule has 1 heterocycles. The molecule has 102 valence electrons. The second-order valence-corrected chi connectivity index (χ2v) is 7.55. The summed E-state index contributed by atoms with van der Waals surface area (Å²) in [7, 11) is -2.04. The topological polar surface area (TPSA) is 58.2 Å². The number of anilines is 1. The van der Waals surface area contributed by atoms with Crippen molar-refractivity contribution in [2.75, 3.05) is 12.4 Å². The van der Waals surface area contributed by atoms with Gasteiger partial charge >= 0.3 is 0 Å². The third kappa shape index (κ3) is 3.56. The summed E-state index contributed by atoms with van der Waals surface area (Å²) in [5.74, 6) is 0. The van der Waals surface area contributed by atoms with E-state index in [1.165, 1.54) is 7.05 Å². The molecule has 4 nitrogen and oxygen atoms in total. The Hall–Kier alpha value is -0.890. The SMILES string of the molecule is CNS(=O)(=O)c1ccccc1NCc1cc(Br)cs1. The average molecular weight is 361 g/mol. The van der Waals surface area contributed by atoms with Gasteiger partial charge in [0.15, 0.2) is 0 Å². The summed E-state index contributed by atoms with van der Waals surface area (Å²) in [4.78, 5) is 1.39. The number of sulfonamides is 1. The largest absolute Gasteiger partial charge is 0.379 e.